The Bertz CT molecular complexity index is 529. The predicted molar refractivity (Wildman–Crippen MR) is 60.1 cm³/mol. The molecule has 0 saturated carbocycles. The first-order valence-corrected chi connectivity index (χ1v) is 5.20. The standard InChI is InChI=1S/C11H14N2O3/c12-8(2-1-5-14)7-3-4-10-9(6-7)13-11(15)16-10/h3-4,6,8,14H,1-2,5,12H2,(H,13,15). The minimum Gasteiger partial charge on any atom is -0.408 e. The summed E-state index contributed by atoms with van der Waals surface area (Å²) in [7, 11) is 0. The van der Waals surface area contributed by atoms with E-state index < -0.39 is 5.76 Å². The quantitative estimate of drug-likeness (QED) is 0.716. The summed E-state index contributed by atoms with van der Waals surface area (Å²) in [5.41, 5.74) is 8.06. The number of hydrogen-bond acceptors (Lipinski definition) is 4. The summed E-state index contributed by atoms with van der Waals surface area (Å²) in [5, 5.41) is 8.72. The molecule has 1 aromatic carbocycles. The van der Waals surface area contributed by atoms with Crippen LogP contribution in [0.5, 0.6) is 0 Å². The van der Waals surface area contributed by atoms with Gasteiger partial charge in [-0.15, -0.1) is 0 Å². The maximum Gasteiger partial charge on any atom is 0.417 e. The number of hydrogen-bond donors (Lipinski definition) is 3. The molecule has 4 N–H and O–H groups in total. The highest BCUT2D eigenvalue weighted by Crippen LogP contribution is 2.19. The lowest BCUT2D eigenvalue weighted by molar-refractivity contribution is 0.280. The van der Waals surface area contributed by atoms with Gasteiger partial charge in [-0.2, -0.15) is 0 Å². The van der Waals surface area contributed by atoms with Crippen molar-refractivity contribution >= 4 is 11.1 Å². The Balaban J connectivity index is 2.27. The Hall–Kier alpha value is -1.59. The van der Waals surface area contributed by atoms with Gasteiger partial charge in [-0.1, -0.05) is 6.07 Å². The van der Waals surface area contributed by atoms with Crippen LogP contribution in [0.15, 0.2) is 27.4 Å². The van der Waals surface area contributed by atoms with Crippen molar-refractivity contribution in [3.63, 3.8) is 0 Å². The minimum atomic E-state index is -0.462. The number of nitrogens with one attached hydrogen (secondary N) is 1. The molecule has 0 fully saturated rings. The van der Waals surface area contributed by atoms with Crippen molar-refractivity contribution in [3.8, 4) is 0 Å². The predicted octanol–water partition coefficient (Wildman–Crippen LogP) is 0.893. The maximum absolute atomic E-state index is 11.0. The van der Waals surface area contributed by atoms with Crippen LogP contribution >= 0.6 is 0 Å². The van der Waals surface area contributed by atoms with Crippen molar-refractivity contribution in [3.05, 3.63) is 34.3 Å². The van der Waals surface area contributed by atoms with Gasteiger partial charge in [0.05, 0.1) is 5.52 Å². The van der Waals surface area contributed by atoms with Gasteiger partial charge < -0.3 is 15.3 Å². The number of aliphatic hydroxyl groups is 1. The van der Waals surface area contributed by atoms with Gasteiger partial charge in [-0.25, -0.2) is 4.79 Å². The third-order valence-electron chi connectivity index (χ3n) is 2.54. The van der Waals surface area contributed by atoms with E-state index in [-0.39, 0.29) is 12.6 Å². The molecule has 0 bridgehead atoms. The van der Waals surface area contributed by atoms with E-state index in [9.17, 15) is 4.79 Å². The molecule has 0 spiro atoms. The minimum absolute atomic E-state index is 0.130. The molecule has 0 aliphatic carbocycles. The van der Waals surface area contributed by atoms with Crippen LogP contribution in [-0.2, 0) is 0 Å². The number of oxazole rings is 1. The van der Waals surface area contributed by atoms with Gasteiger partial charge in [0.25, 0.3) is 0 Å². The maximum atomic E-state index is 11.0. The lowest BCUT2D eigenvalue weighted by Gasteiger charge is -2.10. The molecule has 1 aromatic heterocycles. The molecule has 1 atom stereocenters. The summed E-state index contributed by atoms with van der Waals surface area (Å²) in [6.45, 7) is 0.137. The van der Waals surface area contributed by atoms with Crippen LogP contribution < -0.4 is 11.5 Å². The summed E-state index contributed by atoms with van der Waals surface area (Å²) >= 11 is 0. The zero-order chi connectivity index (χ0) is 11.5. The van der Waals surface area contributed by atoms with Crippen molar-refractivity contribution in [1.82, 2.24) is 4.98 Å². The summed E-state index contributed by atoms with van der Waals surface area (Å²) in [4.78, 5) is 13.5. The number of aromatic nitrogens is 1. The van der Waals surface area contributed by atoms with Crippen molar-refractivity contribution in [1.29, 1.82) is 0 Å². The average Bonchev–Trinajstić information content (AvgIpc) is 2.64. The average molecular weight is 222 g/mol. The lowest BCUT2D eigenvalue weighted by atomic mass is 10.0. The third kappa shape index (κ3) is 2.15. The van der Waals surface area contributed by atoms with E-state index in [0.29, 0.717) is 23.9 Å². The highest BCUT2D eigenvalue weighted by atomic mass is 16.4. The number of benzene rings is 1. The van der Waals surface area contributed by atoms with Gasteiger partial charge in [-0.3, -0.25) is 4.98 Å². The van der Waals surface area contributed by atoms with E-state index in [0.717, 1.165) is 5.56 Å². The zero-order valence-corrected chi connectivity index (χ0v) is 8.77. The fourth-order valence-electron chi connectivity index (χ4n) is 1.68. The van der Waals surface area contributed by atoms with Gasteiger partial charge in [0, 0.05) is 12.6 Å². The number of aliphatic hydroxyl groups excluding tert-OH is 1. The normalized spacial score (nSPS) is 13.1. The van der Waals surface area contributed by atoms with Gasteiger partial charge in [-0.05, 0) is 30.5 Å². The fraction of sp³-hybridized carbons (Fsp3) is 0.364. The van der Waals surface area contributed by atoms with Crippen LogP contribution in [0.2, 0.25) is 0 Å². The Morgan fingerprint density at radius 3 is 3.06 bits per heavy atom. The van der Waals surface area contributed by atoms with E-state index >= 15 is 0 Å². The molecule has 1 heterocycles. The summed E-state index contributed by atoms with van der Waals surface area (Å²) in [6.07, 6.45) is 1.38. The molecule has 1 unspecified atom stereocenters. The molecule has 2 rings (SSSR count). The number of aromatic amines is 1. The first-order chi connectivity index (χ1) is 7.70. The number of fused-ring (bicyclic) bond motifs is 1. The van der Waals surface area contributed by atoms with Crippen LogP contribution in [0.3, 0.4) is 0 Å². The molecule has 2 aromatic rings. The SMILES string of the molecule is NC(CCCO)c1ccc2oc(=O)[nH]c2c1. The molecule has 16 heavy (non-hydrogen) atoms. The highest BCUT2D eigenvalue weighted by Gasteiger charge is 2.08. The number of H-pyrrole nitrogens is 1. The molecular weight excluding hydrogens is 208 g/mol. The highest BCUT2D eigenvalue weighted by molar-refractivity contribution is 5.72. The van der Waals surface area contributed by atoms with Crippen molar-refractivity contribution in [2.75, 3.05) is 6.61 Å². The van der Waals surface area contributed by atoms with Gasteiger partial charge >= 0.3 is 5.76 Å². The molecule has 5 nitrogen and oxygen atoms in total. The topological polar surface area (TPSA) is 92.2 Å². The Morgan fingerprint density at radius 2 is 2.31 bits per heavy atom. The molecule has 0 aliphatic rings. The number of nitrogens with two attached hydrogens (primary N) is 1. The largest absolute Gasteiger partial charge is 0.417 e. The van der Waals surface area contributed by atoms with Crippen molar-refractivity contribution in [2.45, 2.75) is 18.9 Å². The molecule has 0 saturated heterocycles. The Kier molecular flexibility index (Phi) is 3.07. The fourth-order valence-corrected chi connectivity index (χ4v) is 1.68. The van der Waals surface area contributed by atoms with E-state index in [1.54, 1.807) is 6.07 Å². The molecule has 5 heteroatoms. The molecule has 0 amide bonds. The van der Waals surface area contributed by atoms with Crippen LogP contribution in [0.25, 0.3) is 11.1 Å². The zero-order valence-electron chi connectivity index (χ0n) is 8.77. The van der Waals surface area contributed by atoms with Gasteiger partial charge in [0.1, 0.15) is 0 Å². The Morgan fingerprint density at radius 1 is 1.50 bits per heavy atom. The van der Waals surface area contributed by atoms with Gasteiger partial charge in [0.15, 0.2) is 5.58 Å². The first kappa shape index (κ1) is 10.9. The molecule has 0 aliphatic heterocycles. The molecular formula is C11H14N2O3. The molecule has 0 radical (unpaired) electrons. The van der Waals surface area contributed by atoms with Crippen molar-refractivity contribution < 1.29 is 9.52 Å². The van der Waals surface area contributed by atoms with Crippen LogP contribution in [0.1, 0.15) is 24.4 Å². The first-order valence-electron chi connectivity index (χ1n) is 5.20. The molecule has 86 valence electrons. The van der Waals surface area contributed by atoms with E-state index in [1.807, 2.05) is 12.1 Å². The summed E-state index contributed by atoms with van der Waals surface area (Å²) < 4.78 is 4.89. The van der Waals surface area contributed by atoms with Crippen LogP contribution in [-0.4, -0.2) is 16.7 Å². The summed E-state index contributed by atoms with van der Waals surface area (Å²) in [6, 6.07) is 5.24. The van der Waals surface area contributed by atoms with Gasteiger partial charge in [0.2, 0.25) is 0 Å². The lowest BCUT2D eigenvalue weighted by Crippen LogP contribution is -2.10. The second kappa shape index (κ2) is 4.51. The second-order valence-electron chi connectivity index (χ2n) is 3.74. The second-order valence-corrected chi connectivity index (χ2v) is 3.74. The third-order valence-corrected chi connectivity index (χ3v) is 2.54. The Labute approximate surface area is 91.9 Å². The smallest absolute Gasteiger partial charge is 0.408 e. The number of rotatable bonds is 4. The van der Waals surface area contributed by atoms with E-state index in [2.05, 4.69) is 4.98 Å². The van der Waals surface area contributed by atoms with E-state index in [4.69, 9.17) is 15.3 Å². The van der Waals surface area contributed by atoms with E-state index in [1.165, 1.54) is 0 Å². The monoisotopic (exact) mass is 222 g/mol. The summed E-state index contributed by atoms with van der Waals surface area (Å²) in [5.74, 6) is -0.462. The van der Waals surface area contributed by atoms with Crippen LogP contribution in [0, 0.1) is 0 Å². The van der Waals surface area contributed by atoms with Crippen LogP contribution in [0.4, 0.5) is 0 Å². The van der Waals surface area contributed by atoms with Crippen molar-refractivity contribution in [2.24, 2.45) is 5.73 Å².